The normalized spacial score (nSPS) is 10.6. The van der Waals surface area contributed by atoms with E-state index in [0.717, 1.165) is 13.7 Å². The largest absolute Gasteiger partial charge is 0.478 e. The van der Waals surface area contributed by atoms with E-state index in [1.54, 1.807) is 6.07 Å². The summed E-state index contributed by atoms with van der Waals surface area (Å²) in [6.45, 7) is 0. The molecule has 0 aliphatic heterocycles. The van der Waals surface area contributed by atoms with Gasteiger partial charge in [-0.2, -0.15) is 0 Å². The third kappa shape index (κ3) is 1.46. The average Bonchev–Trinajstić information content (AvgIpc) is 2.46. The smallest absolute Gasteiger partial charge is 0.336 e. The summed E-state index contributed by atoms with van der Waals surface area (Å²) in [5.74, 6) is -0.915. The van der Waals surface area contributed by atoms with Crippen molar-refractivity contribution in [2.45, 2.75) is 0 Å². The highest BCUT2D eigenvalue weighted by Gasteiger charge is 2.11. The molecule has 3 nitrogen and oxygen atoms in total. The molecule has 0 saturated heterocycles. The van der Waals surface area contributed by atoms with E-state index in [-0.39, 0.29) is 0 Å². The third-order valence-electron chi connectivity index (χ3n) is 1.92. The number of hydrogen-bond donors (Lipinski definition) is 2. The lowest BCUT2D eigenvalue weighted by Crippen LogP contribution is -1.99. The number of carboxylic acid groups (broad SMARTS) is 1. The minimum absolute atomic E-state index is 0.309. The van der Waals surface area contributed by atoms with Gasteiger partial charge in [0, 0.05) is 19.0 Å². The maximum absolute atomic E-state index is 10.9. The Kier molecular flexibility index (Phi) is 2.36. The first kappa shape index (κ1) is 9.72. The molecule has 0 aliphatic carbocycles. The standard InChI is InChI=1S/C9H6INO2S/c10-6-2-8-5(7(11)3-14-8)1-4(6)9(12)13/h1-3H,11H2,(H,12,13). The van der Waals surface area contributed by atoms with Gasteiger partial charge in [-0.05, 0) is 34.7 Å². The Morgan fingerprint density at radius 2 is 2.21 bits per heavy atom. The summed E-state index contributed by atoms with van der Waals surface area (Å²) in [5, 5.41) is 11.6. The Hall–Kier alpha value is -0.820. The van der Waals surface area contributed by atoms with Crippen molar-refractivity contribution in [3.8, 4) is 0 Å². The van der Waals surface area contributed by atoms with Crippen molar-refractivity contribution >= 4 is 55.7 Å². The van der Waals surface area contributed by atoms with Crippen LogP contribution >= 0.6 is 33.9 Å². The number of hydrogen-bond acceptors (Lipinski definition) is 3. The Balaban J connectivity index is 2.80. The minimum atomic E-state index is -0.915. The number of anilines is 1. The van der Waals surface area contributed by atoms with Crippen LogP contribution in [-0.4, -0.2) is 11.1 Å². The molecule has 72 valence electrons. The van der Waals surface area contributed by atoms with Crippen LogP contribution in [0.5, 0.6) is 0 Å². The maximum atomic E-state index is 10.9. The van der Waals surface area contributed by atoms with Crippen molar-refractivity contribution in [2.24, 2.45) is 0 Å². The van der Waals surface area contributed by atoms with Gasteiger partial charge in [-0.25, -0.2) is 4.79 Å². The zero-order chi connectivity index (χ0) is 10.3. The van der Waals surface area contributed by atoms with Crippen LogP contribution in [0.4, 0.5) is 5.69 Å². The predicted molar refractivity (Wildman–Crippen MR) is 65.9 cm³/mol. The lowest BCUT2D eigenvalue weighted by atomic mass is 10.1. The van der Waals surface area contributed by atoms with Gasteiger partial charge in [0.2, 0.25) is 0 Å². The van der Waals surface area contributed by atoms with Gasteiger partial charge >= 0.3 is 5.97 Å². The number of halogens is 1. The summed E-state index contributed by atoms with van der Waals surface area (Å²) in [7, 11) is 0. The van der Waals surface area contributed by atoms with Crippen molar-refractivity contribution in [1.82, 2.24) is 0 Å². The molecule has 1 aromatic carbocycles. The molecule has 0 bridgehead atoms. The summed E-state index contributed by atoms with van der Waals surface area (Å²) in [4.78, 5) is 10.9. The number of nitrogens with two attached hydrogens (primary N) is 1. The van der Waals surface area contributed by atoms with E-state index in [1.807, 2.05) is 34.0 Å². The zero-order valence-electron chi connectivity index (χ0n) is 6.95. The first-order valence-electron chi connectivity index (χ1n) is 3.79. The highest BCUT2D eigenvalue weighted by Crippen LogP contribution is 2.31. The number of carboxylic acids is 1. The van der Waals surface area contributed by atoms with Gasteiger partial charge in [-0.3, -0.25) is 0 Å². The number of carbonyl (C=O) groups is 1. The molecule has 1 aromatic heterocycles. The monoisotopic (exact) mass is 319 g/mol. The van der Waals surface area contributed by atoms with Crippen molar-refractivity contribution in [3.05, 3.63) is 26.6 Å². The van der Waals surface area contributed by atoms with E-state index in [0.29, 0.717) is 11.3 Å². The van der Waals surface area contributed by atoms with Crippen LogP contribution in [0.1, 0.15) is 10.4 Å². The van der Waals surface area contributed by atoms with Gasteiger partial charge in [0.15, 0.2) is 0 Å². The molecule has 0 saturated carbocycles. The fraction of sp³-hybridized carbons (Fsp3) is 0. The van der Waals surface area contributed by atoms with E-state index in [4.69, 9.17) is 10.8 Å². The molecule has 2 aromatic rings. The van der Waals surface area contributed by atoms with Crippen LogP contribution in [0.15, 0.2) is 17.5 Å². The van der Waals surface area contributed by atoms with Gasteiger partial charge in [-0.1, -0.05) is 0 Å². The summed E-state index contributed by atoms with van der Waals surface area (Å²) in [6.07, 6.45) is 0. The van der Waals surface area contributed by atoms with Gasteiger partial charge in [0.1, 0.15) is 0 Å². The van der Waals surface area contributed by atoms with E-state index in [2.05, 4.69) is 0 Å². The van der Waals surface area contributed by atoms with Crippen LogP contribution < -0.4 is 5.73 Å². The highest BCUT2D eigenvalue weighted by molar-refractivity contribution is 14.1. The maximum Gasteiger partial charge on any atom is 0.336 e. The Bertz CT molecular complexity index is 521. The molecule has 2 rings (SSSR count). The molecule has 3 N–H and O–H groups in total. The van der Waals surface area contributed by atoms with Crippen LogP contribution in [0, 0.1) is 3.57 Å². The van der Waals surface area contributed by atoms with Crippen LogP contribution in [0.2, 0.25) is 0 Å². The molecule has 0 radical (unpaired) electrons. The number of nitrogen functional groups attached to an aromatic ring is 1. The molecule has 0 atom stereocenters. The van der Waals surface area contributed by atoms with Crippen LogP contribution in [0.3, 0.4) is 0 Å². The number of rotatable bonds is 1. The highest BCUT2D eigenvalue weighted by atomic mass is 127. The molecule has 0 unspecified atom stereocenters. The lowest BCUT2D eigenvalue weighted by molar-refractivity contribution is 0.0696. The molecular formula is C9H6INO2S. The molecular weight excluding hydrogens is 313 g/mol. The summed E-state index contributed by atoms with van der Waals surface area (Å²) in [6, 6.07) is 3.48. The zero-order valence-corrected chi connectivity index (χ0v) is 9.93. The second kappa shape index (κ2) is 3.39. The minimum Gasteiger partial charge on any atom is -0.478 e. The lowest BCUT2D eigenvalue weighted by Gasteiger charge is -1.99. The van der Waals surface area contributed by atoms with Gasteiger partial charge < -0.3 is 10.8 Å². The Morgan fingerprint density at radius 1 is 1.50 bits per heavy atom. The third-order valence-corrected chi connectivity index (χ3v) is 3.78. The first-order valence-corrected chi connectivity index (χ1v) is 5.75. The van der Waals surface area contributed by atoms with E-state index in [1.165, 1.54) is 11.3 Å². The Labute approximate surface area is 97.7 Å². The van der Waals surface area contributed by atoms with Crippen molar-refractivity contribution < 1.29 is 9.90 Å². The van der Waals surface area contributed by atoms with E-state index >= 15 is 0 Å². The van der Waals surface area contributed by atoms with Crippen LogP contribution in [0.25, 0.3) is 10.1 Å². The number of aromatic carboxylic acids is 1. The van der Waals surface area contributed by atoms with Crippen LogP contribution in [-0.2, 0) is 0 Å². The first-order chi connectivity index (χ1) is 6.59. The summed E-state index contributed by atoms with van der Waals surface area (Å²) in [5.41, 5.74) is 6.66. The van der Waals surface area contributed by atoms with Crippen molar-refractivity contribution in [2.75, 3.05) is 5.73 Å². The average molecular weight is 319 g/mol. The molecule has 5 heteroatoms. The molecule has 0 amide bonds. The fourth-order valence-corrected chi connectivity index (χ4v) is 3.01. The van der Waals surface area contributed by atoms with Crippen molar-refractivity contribution in [3.63, 3.8) is 0 Å². The Morgan fingerprint density at radius 3 is 2.86 bits per heavy atom. The quantitative estimate of drug-likeness (QED) is 0.795. The summed E-state index contributed by atoms with van der Waals surface area (Å²) < 4.78 is 1.77. The number of benzene rings is 1. The van der Waals surface area contributed by atoms with Crippen molar-refractivity contribution in [1.29, 1.82) is 0 Å². The van der Waals surface area contributed by atoms with Gasteiger partial charge in [0.05, 0.1) is 11.3 Å². The second-order valence-electron chi connectivity index (χ2n) is 2.82. The SMILES string of the molecule is Nc1csc2cc(I)c(C(=O)O)cc12. The second-order valence-corrected chi connectivity index (χ2v) is 4.90. The predicted octanol–water partition coefficient (Wildman–Crippen LogP) is 2.79. The molecule has 0 aliphatic rings. The molecule has 0 spiro atoms. The van der Waals surface area contributed by atoms with Gasteiger partial charge in [0.25, 0.3) is 0 Å². The number of thiophene rings is 1. The van der Waals surface area contributed by atoms with Gasteiger partial charge in [-0.15, -0.1) is 11.3 Å². The number of fused-ring (bicyclic) bond motifs is 1. The molecule has 14 heavy (non-hydrogen) atoms. The topological polar surface area (TPSA) is 63.3 Å². The van der Waals surface area contributed by atoms with E-state index < -0.39 is 5.97 Å². The molecule has 1 heterocycles. The van der Waals surface area contributed by atoms with E-state index in [9.17, 15) is 4.79 Å². The molecule has 0 fully saturated rings. The summed E-state index contributed by atoms with van der Waals surface area (Å²) >= 11 is 3.54. The fourth-order valence-electron chi connectivity index (χ4n) is 1.23.